The van der Waals surface area contributed by atoms with Crippen molar-refractivity contribution in [1.82, 2.24) is 4.90 Å². The Morgan fingerprint density at radius 1 is 1.19 bits per heavy atom. The smallest absolute Gasteiger partial charge is 0.308 e. The minimum Gasteiger partial charge on any atom is -0.481 e. The van der Waals surface area contributed by atoms with Gasteiger partial charge >= 0.3 is 5.97 Å². The lowest BCUT2D eigenvalue weighted by atomic mass is 10.0. The fourth-order valence-electron chi connectivity index (χ4n) is 2.13. The number of carboxylic acid groups (broad SMARTS) is 1. The largest absolute Gasteiger partial charge is 0.481 e. The van der Waals surface area contributed by atoms with Crippen LogP contribution in [0.2, 0.25) is 0 Å². The Hall–Kier alpha value is -1.84. The SMILES string of the molecule is CC(CN(C(=O)CCc1ccccc1)C(C)(C)C)C(=O)O. The summed E-state index contributed by atoms with van der Waals surface area (Å²) in [5.74, 6) is -1.44. The molecule has 0 aliphatic heterocycles. The van der Waals surface area contributed by atoms with Crippen molar-refractivity contribution in [3.05, 3.63) is 35.9 Å². The van der Waals surface area contributed by atoms with E-state index in [1.54, 1.807) is 11.8 Å². The van der Waals surface area contributed by atoms with Gasteiger partial charge in [0.05, 0.1) is 5.92 Å². The monoisotopic (exact) mass is 291 g/mol. The van der Waals surface area contributed by atoms with Crippen molar-refractivity contribution in [1.29, 1.82) is 0 Å². The molecule has 0 bridgehead atoms. The third kappa shape index (κ3) is 5.58. The average molecular weight is 291 g/mol. The highest BCUT2D eigenvalue weighted by molar-refractivity contribution is 5.78. The van der Waals surface area contributed by atoms with Gasteiger partial charge in [0.15, 0.2) is 0 Å². The molecule has 4 nitrogen and oxygen atoms in total. The second-order valence-corrected chi connectivity index (χ2v) is 6.40. The lowest BCUT2D eigenvalue weighted by molar-refractivity contribution is -0.145. The van der Waals surface area contributed by atoms with E-state index in [2.05, 4.69) is 0 Å². The number of aryl methyl sites for hydroxylation is 1. The van der Waals surface area contributed by atoms with Gasteiger partial charge in [0.1, 0.15) is 0 Å². The molecule has 1 aromatic carbocycles. The number of rotatable bonds is 6. The molecular weight excluding hydrogens is 266 g/mol. The van der Waals surface area contributed by atoms with E-state index in [-0.39, 0.29) is 18.0 Å². The number of hydrogen-bond acceptors (Lipinski definition) is 2. The first-order valence-electron chi connectivity index (χ1n) is 7.29. The van der Waals surface area contributed by atoms with Gasteiger partial charge in [-0.1, -0.05) is 37.3 Å². The van der Waals surface area contributed by atoms with Crippen LogP contribution in [0.15, 0.2) is 30.3 Å². The summed E-state index contributed by atoms with van der Waals surface area (Å²) >= 11 is 0. The zero-order valence-corrected chi connectivity index (χ0v) is 13.3. The van der Waals surface area contributed by atoms with E-state index in [1.165, 1.54) is 0 Å². The predicted octanol–water partition coefficient (Wildman–Crippen LogP) is 2.97. The first-order chi connectivity index (χ1) is 9.71. The van der Waals surface area contributed by atoms with Crippen molar-refractivity contribution in [3.8, 4) is 0 Å². The molecule has 0 spiro atoms. The van der Waals surface area contributed by atoms with E-state index in [0.717, 1.165) is 5.56 Å². The van der Waals surface area contributed by atoms with E-state index in [4.69, 9.17) is 5.11 Å². The van der Waals surface area contributed by atoms with E-state index >= 15 is 0 Å². The summed E-state index contributed by atoms with van der Waals surface area (Å²) in [7, 11) is 0. The molecule has 0 saturated carbocycles. The van der Waals surface area contributed by atoms with Crippen molar-refractivity contribution in [2.45, 2.75) is 46.1 Å². The summed E-state index contributed by atoms with van der Waals surface area (Å²) in [6, 6.07) is 9.84. The van der Waals surface area contributed by atoms with Gasteiger partial charge in [0, 0.05) is 18.5 Å². The van der Waals surface area contributed by atoms with Crippen molar-refractivity contribution < 1.29 is 14.7 Å². The molecule has 1 amide bonds. The van der Waals surface area contributed by atoms with Gasteiger partial charge in [0.2, 0.25) is 5.91 Å². The van der Waals surface area contributed by atoms with Gasteiger partial charge in [-0.2, -0.15) is 0 Å². The molecule has 0 heterocycles. The number of nitrogens with zero attached hydrogens (tertiary/aromatic N) is 1. The number of hydrogen-bond donors (Lipinski definition) is 1. The summed E-state index contributed by atoms with van der Waals surface area (Å²) < 4.78 is 0. The molecule has 1 atom stereocenters. The minimum atomic E-state index is -0.875. The van der Waals surface area contributed by atoms with E-state index in [9.17, 15) is 9.59 Å². The van der Waals surface area contributed by atoms with Crippen molar-refractivity contribution in [2.24, 2.45) is 5.92 Å². The topological polar surface area (TPSA) is 57.6 Å². The van der Waals surface area contributed by atoms with Crippen LogP contribution in [0.4, 0.5) is 0 Å². The van der Waals surface area contributed by atoms with Crippen LogP contribution in [0.25, 0.3) is 0 Å². The van der Waals surface area contributed by atoms with Gasteiger partial charge < -0.3 is 10.0 Å². The maximum absolute atomic E-state index is 12.5. The molecule has 116 valence electrons. The second kappa shape index (κ2) is 7.25. The van der Waals surface area contributed by atoms with Gasteiger partial charge in [-0.25, -0.2) is 0 Å². The van der Waals surface area contributed by atoms with Crippen molar-refractivity contribution in [3.63, 3.8) is 0 Å². The predicted molar refractivity (Wildman–Crippen MR) is 83.0 cm³/mol. The highest BCUT2D eigenvalue weighted by Gasteiger charge is 2.29. The molecule has 4 heteroatoms. The molecule has 0 aliphatic rings. The fraction of sp³-hybridized carbons (Fsp3) is 0.529. The van der Waals surface area contributed by atoms with Crippen LogP contribution in [0, 0.1) is 5.92 Å². The molecule has 1 N–H and O–H groups in total. The molecule has 1 unspecified atom stereocenters. The van der Waals surface area contributed by atoms with E-state index < -0.39 is 11.9 Å². The number of carbonyl (C=O) groups is 2. The Balaban J connectivity index is 2.70. The Labute approximate surface area is 126 Å². The normalized spacial score (nSPS) is 12.8. The number of aliphatic carboxylic acids is 1. The van der Waals surface area contributed by atoms with Gasteiger partial charge in [-0.3, -0.25) is 9.59 Å². The lowest BCUT2D eigenvalue weighted by Gasteiger charge is -2.37. The number of carbonyl (C=O) groups excluding carboxylic acids is 1. The van der Waals surface area contributed by atoms with E-state index in [0.29, 0.717) is 12.8 Å². The van der Waals surface area contributed by atoms with Crippen LogP contribution in [0.3, 0.4) is 0 Å². The molecule has 0 fully saturated rings. The Morgan fingerprint density at radius 2 is 1.76 bits per heavy atom. The summed E-state index contributed by atoms with van der Waals surface area (Å²) in [6.07, 6.45) is 1.07. The molecule has 0 aromatic heterocycles. The number of benzene rings is 1. The van der Waals surface area contributed by atoms with Crippen LogP contribution in [-0.4, -0.2) is 34.0 Å². The average Bonchev–Trinajstić information content (AvgIpc) is 2.41. The quantitative estimate of drug-likeness (QED) is 0.876. The molecule has 21 heavy (non-hydrogen) atoms. The van der Waals surface area contributed by atoms with Crippen LogP contribution in [0.5, 0.6) is 0 Å². The van der Waals surface area contributed by atoms with Crippen LogP contribution in [-0.2, 0) is 16.0 Å². The molecule has 1 rings (SSSR count). The maximum Gasteiger partial charge on any atom is 0.308 e. The Bertz CT molecular complexity index is 477. The fourth-order valence-corrected chi connectivity index (χ4v) is 2.13. The highest BCUT2D eigenvalue weighted by atomic mass is 16.4. The lowest BCUT2D eigenvalue weighted by Crippen LogP contribution is -2.48. The molecule has 1 aromatic rings. The zero-order chi connectivity index (χ0) is 16.0. The number of carboxylic acids is 1. The summed E-state index contributed by atoms with van der Waals surface area (Å²) in [5.41, 5.74) is 0.739. The minimum absolute atomic E-state index is 0.000506. The summed E-state index contributed by atoms with van der Waals surface area (Å²) in [4.78, 5) is 25.2. The van der Waals surface area contributed by atoms with Gasteiger partial charge in [-0.05, 0) is 32.8 Å². The first-order valence-corrected chi connectivity index (χ1v) is 7.29. The highest BCUT2D eigenvalue weighted by Crippen LogP contribution is 2.18. The Morgan fingerprint density at radius 3 is 2.24 bits per heavy atom. The molecular formula is C17H25NO3. The summed E-state index contributed by atoms with van der Waals surface area (Å²) in [5, 5.41) is 9.05. The van der Waals surface area contributed by atoms with Crippen molar-refractivity contribution in [2.75, 3.05) is 6.54 Å². The van der Waals surface area contributed by atoms with Crippen LogP contribution >= 0.6 is 0 Å². The number of amides is 1. The standard InChI is InChI=1S/C17H25NO3/c1-13(16(20)21)12-18(17(2,3)4)15(19)11-10-14-8-6-5-7-9-14/h5-9,13H,10-12H2,1-4H3,(H,20,21). The zero-order valence-electron chi connectivity index (χ0n) is 13.3. The third-order valence-corrected chi connectivity index (χ3v) is 3.46. The summed E-state index contributed by atoms with van der Waals surface area (Å²) in [6.45, 7) is 7.67. The van der Waals surface area contributed by atoms with Crippen molar-refractivity contribution >= 4 is 11.9 Å². The third-order valence-electron chi connectivity index (χ3n) is 3.46. The maximum atomic E-state index is 12.5. The first kappa shape index (κ1) is 17.2. The van der Waals surface area contributed by atoms with E-state index in [1.807, 2.05) is 51.1 Å². The second-order valence-electron chi connectivity index (χ2n) is 6.40. The molecule has 0 saturated heterocycles. The van der Waals surface area contributed by atoms with Crippen LogP contribution in [0.1, 0.15) is 39.7 Å². The molecule has 0 aliphatic carbocycles. The molecule has 0 radical (unpaired) electrons. The van der Waals surface area contributed by atoms with Crippen LogP contribution < -0.4 is 0 Å². The van der Waals surface area contributed by atoms with Gasteiger partial charge in [0.25, 0.3) is 0 Å². The Kier molecular flexibility index (Phi) is 5.94. The van der Waals surface area contributed by atoms with Gasteiger partial charge in [-0.15, -0.1) is 0 Å².